The number of pyridine rings is 2. The Morgan fingerprint density at radius 2 is 1.97 bits per heavy atom. The minimum absolute atomic E-state index is 0.0395. The van der Waals surface area contributed by atoms with Crippen LogP contribution in [0.4, 0.5) is 0 Å². The number of aromatic nitrogens is 2. The summed E-state index contributed by atoms with van der Waals surface area (Å²) in [6, 6.07) is 3.48. The first-order valence-corrected chi connectivity index (χ1v) is 14.4. The van der Waals surface area contributed by atoms with Gasteiger partial charge in [0.15, 0.2) is 0 Å². The average molecular weight is 535 g/mol. The van der Waals surface area contributed by atoms with Crippen molar-refractivity contribution in [3.63, 3.8) is 0 Å². The molecule has 0 radical (unpaired) electrons. The molecule has 3 aliphatic carbocycles. The molecule has 2 bridgehead atoms. The molecule has 3 fully saturated rings. The predicted molar refractivity (Wildman–Crippen MR) is 150 cm³/mol. The molecule has 3 unspecified atom stereocenters. The van der Waals surface area contributed by atoms with Gasteiger partial charge in [-0.25, -0.2) is 9.78 Å². The molecule has 2 aromatic heterocycles. The van der Waals surface area contributed by atoms with E-state index in [1.165, 1.54) is 0 Å². The second kappa shape index (κ2) is 9.39. The summed E-state index contributed by atoms with van der Waals surface area (Å²) < 4.78 is 8.18. The maximum atomic E-state index is 13.9. The van der Waals surface area contributed by atoms with E-state index in [1.54, 1.807) is 29.0 Å². The van der Waals surface area contributed by atoms with Crippen molar-refractivity contribution < 1.29 is 19.4 Å². The van der Waals surface area contributed by atoms with Gasteiger partial charge in [-0.3, -0.25) is 9.59 Å². The Morgan fingerprint density at radius 3 is 2.64 bits per heavy atom. The molecule has 2 heterocycles. The topological polar surface area (TPSA) is 98.5 Å². The summed E-state index contributed by atoms with van der Waals surface area (Å²) in [7, 11) is 0. The largest absolute Gasteiger partial charge is 0.458 e. The standard InChI is InChI=1S/C32H42N2O5/c1-8-30(6)16-24(31(7)18(3)12-14-32(20(5)27(30)37)15-13-23(35)26(31)32)39-29(38)22-17-34(9-2)28-21(25(22)36)11-10-19(4)33-28/h8,10-11,17-18,20,24,26-27,37H,1,9,12-16H2,2-7H3/t18?,20-,24+,26?,27-,30+,31-,32?/m0/s1. The summed E-state index contributed by atoms with van der Waals surface area (Å²) in [4.78, 5) is 45.6. The second-order valence-corrected chi connectivity index (χ2v) is 13.0. The summed E-state index contributed by atoms with van der Waals surface area (Å²) in [6.07, 6.45) is 5.20. The maximum Gasteiger partial charge on any atom is 0.343 e. The highest BCUT2D eigenvalue weighted by Gasteiger charge is 2.68. The Kier molecular flexibility index (Phi) is 6.69. The summed E-state index contributed by atoms with van der Waals surface area (Å²) >= 11 is 0. The van der Waals surface area contributed by atoms with Gasteiger partial charge in [-0.2, -0.15) is 0 Å². The SMILES string of the molecule is C=C[C@]1(C)C[C@@H](OC(=O)c2cn(CC)c3nc(C)ccc3c2=O)[C@]2(C)C(C)CCC3(CCC(=O)C32)[C@@H](C)[C@@H]1O. The molecule has 3 saturated carbocycles. The molecule has 3 aliphatic rings. The normalized spacial score (nSPS) is 38.1. The summed E-state index contributed by atoms with van der Waals surface area (Å²) in [6.45, 7) is 16.7. The number of aryl methyl sites for hydroxylation is 2. The van der Waals surface area contributed by atoms with E-state index in [1.807, 2.05) is 20.8 Å². The molecular formula is C32H42N2O5. The number of esters is 1. The number of ether oxygens (including phenoxy) is 1. The zero-order chi connectivity index (χ0) is 28.5. The Hall–Kier alpha value is -2.80. The molecular weight excluding hydrogens is 492 g/mol. The fourth-order valence-corrected chi connectivity index (χ4v) is 8.44. The Balaban J connectivity index is 1.65. The van der Waals surface area contributed by atoms with Gasteiger partial charge in [0.2, 0.25) is 5.43 Å². The summed E-state index contributed by atoms with van der Waals surface area (Å²) in [5.41, 5.74) is -0.854. The number of hydrogen-bond acceptors (Lipinski definition) is 6. The van der Waals surface area contributed by atoms with Crippen LogP contribution in [0.5, 0.6) is 0 Å². The van der Waals surface area contributed by atoms with E-state index < -0.39 is 34.4 Å². The summed E-state index contributed by atoms with van der Waals surface area (Å²) in [5, 5.41) is 12.1. The van der Waals surface area contributed by atoms with Gasteiger partial charge < -0.3 is 14.4 Å². The number of nitrogens with zero attached hydrogens (tertiary/aromatic N) is 2. The molecule has 7 nitrogen and oxygen atoms in total. The molecule has 0 amide bonds. The number of ketones is 1. The average Bonchev–Trinajstić information content (AvgIpc) is 3.27. The highest BCUT2D eigenvalue weighted by Crippen LogP contribution is 2.68. The third-order valence-corrected chi connectivity index (χ3v) is 11.2. The fraction of sp³-hybridized carbons (Fsp3) is 0.625. The molecule has 210 valence electrons. The van der Waals surface area contributed by atoms with E-state index in [-0.39, 0.29) is 34.5 Å². The lowest BCUT2D eigenvalue weighted by Gasteiger charge is -2.61. The molecule has 0 saturated heterocycles. The van der Waals surface area contributed by atoms with E-state index in [2.05, 4.69) is 32.3 Å². The Morgan fingerprint density at radius 1 is 1.26 bits per heavy atom. The van der Waals surface area contributed by atoms with Crippen molar-refractivity contribution in [2.75, 3.05) is 0 Å². The molecule has 0 aliphatic heterocycles. The number of fused-ring (bicyclic) bond motifs is 1. The van der Waals surface area contributed by atoms with Crippen LogP contribution in [-0.2, 0) is 16.1 Å². The van der Waals surface area contributed by atoms with Crippen LogP contribution in [0.15, 0.2) is 35.8 Å². The maximum absolute atomic E-state index is 13.9. The van der Waals surface area contributed by atoms with Crippen molar-refractivity contribution >= 4 is 22.8 Å². The zero-order valence-electron chi connectivity index (χ0n) is 24.1. The number of Topliss-reactive ketones (excluding diaryl/α,β-unsaturated/α-hetero) is 1. The summed E-state index contributed by atoms with van der Waals surface area (Å²) in [5.74, 6) is -0.801. The minimum Gasteiger partial charge on any atom is -0.458 e. The van der Waals surface area contributed by atoms with Gasteiger partial charge in [0.1, 0.15) is 23.1 Å². The van der Waals surface area contributed by atoms with Gasteiger partial charge in [0, 0.05) is 41.6 Å². The number of aliphatic hydroxyl groups is 1. The van der Waals surface area contributed by atoms with Crippen molar-refractivity contribution in [1.82, 2.24) is 9.55 Å². The monoisotopic (exact) mass is 534 g/mol. The van der Waals surface area contributed by atoms with E-state index in [4.69, 9.17) is 4.74 Å². The molecule has 7 heteroatoms. The van der Waals surface area contributed by atoms with Crippen LogP contribution < -0.4 is 5.43 Å². The first-order valence-electron chi connectivity index (χ1n) is 14.4. The van der Waals surface area contributed by atoms with Crippen LogP contribution in [0, 0.1) is 40.9 Å². The van der Waals surface area contributed by atoms with Crippen molar-refractivity contribution in [3.05, 3.63) is 52.5 Å². The first-order chi connectivity index (χ1) is 18.3. The molecule has 1 N–H and O–H groups in total. The number of carbonyl (C=O) groups is 2. The highest BCUT2D eigenvalue weighted by atomic mass is 16.5. The molecule has 5 rings (SSSR count). The zero-order valence-corrected chi connectivity index (χ0v) is 24.1. The molecule has 8 atom stereocenters. The number of rotatable bonds is 4. The van der Waals surface area contributed by atoms with E-state index in [9.17, 15) is 19.5 Å². The van der Waals surface area contributed by atoms with Crippen LogP contribution in [0.1, 0.15) is 82.8 Å². The van der Waals surface area contributed by atoms with Crippen LogP contribution in [0.25, 0.3) is 11.0 Å². The van der Waals surface area contributed by atoms with Gasteiger partial charge >= 0.3 is 5.97 Å². The Bertz CT molecular complexity index is 1410. The van der Waals surface area contributed by atoms with Crippen LogP contribution in [0.2, 0.25) is 0 Å². The highest BCUT2D eigenvalue weighted by molar-refractivity contribution is 5.93. The number of hydrogen-bond donors (Lipinski definition) is 1. The van der Waals surface area contributed by atoms with E-state index in [0.29, 0.717) is 30.4 Å². The lowest BCUT2D eigenvalue weighted by molar-refractivity contribution is -0.192. The van der Waals surface area contributed by atoms with Gasteiger partial charge in [-0.1, -0.05) is 33.8 Å². The third-order valence-electron chi connectivity index (χ3n) is 11.2. The van der Waals surface area contributed by atoms with Crippen LogP contribution in [-0.4, -0.2) is 38.6 Å². The van der Waals surface area contributed by atoms with Crippen molar-refractivity contribution in [3.8, 4) is 0 Å². The number of aliphatic hydroxyl groups excluding tert-OH is 1. The minimum atomic E-state index is -0.741. The first kappa shape index (κ1) is 27.8. The van der Waals surface area contributed by atoms with Crippen LogP contribution in [0.3, 0.4) is 0 Å². The molecule has 0 spiro atoms. The second-order valence-electron chi connectivity index (χ2n) is 13.0. The van der Waals surface area contributed by atoms with Gasteiger partial charge in [0.05, 0.1) is 11.5 Å². The van der Waals surface area contributed by atoms with Gasteiger partial charge in [-0.15, -0.1) is 6.58 Å². The quantitative estimate of drug-likeness (QED) is 0.425. The predicted octanol–water partition coefficient (Wildman–Crippen LogP) is 5.24. The molecule has 0 aromatic carbocycles. The molecule has 39 heavy (non-hydrogen) atoms. The van der Waals surface area contributed by atoms with E-state index in [0.717, 1.165) is 25.0 Å². The lowest BCUT2D eigenvalue weighted by Crippen LogP contribution is -2.63. The lowest BCUT2D eigenvalue weighted by atomic mass is 9.44. The van der Waals surface area contributed by atoms with Crippen molar-refractivity contribution in [2.45, 2.75) is 92.4 Å². The third kappa shape index (κ3) is 3.86. The van der Waals surface area contributed by atoms with E-state index >= 15 is 0 Å². The van der Waals surface area contributed by atoms with Crippen molar-refractivity contribution in [1.29, 1.82) is 0 Å². The Labute approximate surface area is 230 Å². The molecule has 2 aromatic rings. The van der Waals surface area contributed by atoms with Crippen molar-refractivity contribution in [2.24, 2.45) is 34.0 Å². The smallest absolute Gasteiger partial charge is 0.343 e. The van der Waals surface area contributed by atoms with Gasteiger partial charge in [0.25, 0.3) is 0 Å². The fourth-order valence-electron chi connectivity index (χ4n) is 8.44. The number of carbonyl (C=O) groups excluding carboxylic acids is 2. The van der Waals surface area contributed by atoms with Gasteiger partial charge in [-0.05, 0) is 68.9 Å². The van der Waals surface area contributed by atoms with Crippen LogP contribution >= 0.6 is 0 Å².